The molecule has 1 saturated heterocycles. The predicted octanol–water partition coefficient (Wildman–Crippen LogP) is 2.89. The van der Waals surface area contributed by atoms with Gasteiger partial charge in [-0.25, -0.2) is 0 Å². The van der Waals surface area contributed by atoms with Crippen LogP contribution in [0.25, 0.3) is 0 Å². The number of furan rings is 1. The van der Waals surface area contributed by atoms with Crippen molar-refractivity contribution in [1.82, 2.24) is 4.90 Å². The molecule has 1 aromatic heterocycles. The van der Waals surface area contributed by atoms with E-state index in [9.17, 15) is 9.59 Å². The molecule has 2 heterocycles. The van der Waals surface area contributed by atoms with Crippen molar-refractivity contribution in [3.63, 3.8) is 0 Å². The van der Waals surface area contributed by atoms with Gasteiger partial charge in [-0.05, 0) is 30.9 Å². The molecule has 1 aromatic rings. The number of carbonyl (C=O) groups excluding carboxylic acids is 2. The fourth-order valence-corrected chi connectivity index (χ4v) is 2.65. The predicted molar refractivity (Wildman–Crippen MR) is 71.9 cm³/mol. The summed E-state index contributed by atoms with van der Waals surface area (Å²) < 4.78 is 5.08. The van der Waals surface area contributed by atoms with Crippen LogP contribution in [0, 0.1) is 5.92 Å². The number of carbonyl (C=O) groups is 2. The van der Waals surface area contributed by atoms with Gasteiger partial charge in [0.15, 0.2) is 5.76 Å². The molecule has 1 aliphatic rings. The second-order valence-electron chi connectivity index (χ2n) is 5.20. The molecule has 4 nitrogen and oxygen atoms in total. The number of ketones is 1. The Morgan fingerprint density at radius 2 is 2.32 bits per heavy atom. The fourth-order valence-electron chi connectivity index (χ4n) is 2.65. The highest BCUT2D eigenvalue weighted by Crippen LogP contribution is 2.22. The van der Waals surface area contributed by atoms with Crippen LogP contribution in [-0.4, -0.2) is 29.7 Å². The molecular formula is C15H21NO3. The van der Waals surface area contributed by atoms with Gasteiger partial charge in [0.1, 0.15) is 0 Å². The highest BCUT2D eigenvalue weighted by Gasteiger charge is 2.24. The van der Waals surface area contributed by atoms with Crippen LogP contribution < -0.4 is 0 Å². The summed E-state index contributed by atoms with van der Waals surface area (Å²) in [7, 11) is 0. The zero-order valence-corrected chi connectivity index (χ0v) is 11.4. The Balaban J connectivity index is 1.92. The Kier molecular flexibility index (Phi) is 4.77. The highest BCUT2D eigenvalue weighted by molar-refractivity contribution is 5.97. The van der Waals surface area contributed by atoms with Crippen molar-refractivity contribution in [3.05, 3.63) is 24.2 Å². The van der Waals surface area contributed by atoms with Crippen molar-refractivity contribution in [2.45, 2.75) is 39.0 Å². The first-order valence-corrected chi connectivity index (χ1v) is 7.05. The summed E-state index contributed by atoms with van der Waals surface area (Å²) in [5.41, 5.74) is 0. The van der Waals surface area contributed by atoms with E-state index in [0.717, 1.165) is 19.3 Å². The Morgan fingerprint density at radius 3 is 3.00 bits per heavy atom. The van der Waals surface area contributed by atoms with Gasteiger partial charge >= 0.3 is 0 Å². The minimum Gasteiger partial charge on any atom is -0.461 e. The van der Waals surface area contributed by atoms with E-state index in [2.05, 4.69) is 6.92 Å². The van der Waals surface area contributed by atoms with Gasteiger partial charge in [0.25, 0.3) is 0 Å². The minimum atomic E-state index is -0.118. The van der Waals surface area contributed by atoms with E-state index in [1.54, 1.807) is 17.0 Å². The van der Waals surface area contributed by atoms with Gasteiger partial charge in [-0.15, -0.1) is 0 Å². The summed E-state index contributed by atoms with van der Waals surface area (Å²) in [6.07, 6.45) is 6.34. The number of amides is 1. The zero-order valence-electron chi connectivity index (χ0n) is 11.4. The average molecular weight is 263 g/mol. The van der Waals surface area contributed by atoms with Crippen LogP contribution in [0.1, 0.15) is 49.6 Å². The Labute approximate surface area is 113 Å². The van der Waals surface area contributed by atoms with Crippen molar-refractivity contribution in [2.24, 2.45) is 5.92 Å². The molecule has 1 amide bonds. The second kappa shape index (κ2) is 6.55. The summed E-state index contributed by atoms with van der Waals surface area (Å²) in [6.45, 7) is 3.01. The second-order valence-corrected chi connectivity index (χ2v) is 5.20. The normalized spacial score (nSPS) is 20.4. The third-order valence-corrected chi connectivity index (χ3v) is 3.75. The maximum atomic E-state index is 12.0. The first-order valence-electron chi connectivity index (χ1n) is 7.05. The van der Waals surface area contributed by atoms with E-state index in [1.165, 1.54) is 12.7 Å². The summed E-state index contributed by atoms with van der Waals surface area (Å²) >= 11 is 0. The van der Waals surface area contributed by atoms with Gasteiger partial charge < -0.3 is 9.32 Å². The molecule has 19 heavy (non-hydrogen) atoms. The number of hydrogen-bond acceptors (Lipinski definition) is 3. The molecule has 4 heteroatoms. The molecule has 1 atom stereocenters. The SMILES string of the molecule is CCCC1CCC(=O)N(CC(=O)c2ccco2)CC1. The van der Waals surface area contributed by atoms with E-state index < -0.39 is 0 Å². The Hall–Kier alpha value is -1.58. The molecule has 1 fully saturated rings. The highest BCUT2D eigenvalue weighted by atomic mass is 16.3. The topological polar surface area (TPSA) is 50.5 Å². The summed E-state index contributed by atoms with van der Waals surface area (Å²) in [4.78, 5) is 25.6. The summed E-state index contributed by atoms with van der Waals surface area (Å²) in [5, 5.41) is 0. The number of nitrogens with zero attached hydrogens (tertiary/aromatic N) is 1. The average Bonchev–Trinajstić information content (AvgIpc) is 2.88. The van der Waals surface area contributed by atoms with Gasteiger partial charge in [0.05, 0.1) is 12.8 Å². The van der Waals surface area contributed by atoms with Crippen LogP contribution in [0.4, 0.5) is 0 Å². The molecule has 0 radical (unpaired) electrons. The van der Waals surface area contributed by atoms with E-state index in [4.69, 9.17) is 4.42 Å². The molecule has 0 spiro atoms. The number of likely N-dealkylation sites (tertiary alicyclic amines) is 1. The molecule has 104 valence electrons. The monoisotopic (exact) mass is 263 g/mol. The fraction of sp³-hybridized carbons (Fsp3) is 0.600. The molecule has 1 aliphatic heterocycles. The zero-order chi connectivity index (χ0) is 13.7. The van der Waals surface area contributed by atoms with Crippen LogP contribution in [0.15, 0.2) is 22.8 Å². The maximum absolute atomic E-state index is 12.0. The molecule has 0 aromatic carbocycles. The summed E-state index contributed by atoms with van der Waals surface area (Å²) in [5.74, 6) is 0.936. The van der Waals surface area contributed by atoms with E-state index in [1.807, 2.05) is 0 Å². The quantitative estimate of drug-likeness (QED) is 0.767. The standard InChI is InChI=1S/C15H21NO3/c1-2-4-12-6-7-15(18)16(9-8-12)11-13(17)14-5-3-10-19-14/h3,5,10,12H,2,4,6-9,11H2,1H3. The Bertz CT molecular complexity index is 425. The van der Waals surface area contributed by atoms with Gasteiger partial charge in [0, 0.05) is 13.0 Å². The van der Waals surface area contributed by atoms with Gasteiger partial charge in [-0.2, -0.15) is 0 Å². The van der Waals surface area contributed by atoms with Crippen molar-refractivity contribution in [3.8, 4) is 0 Å². The molecule has 0 bridgehead atoms. The molecule has 0 aliphatic carbocycles. The third kappa shape index (κ3) is 3.69. The molecule has 0 saturated carbocycles. The van der Waals surface area contributed by atoms with E-state index in [-0.39, 0.29) is 18.2 Å². The third-order valence-electron chi connectivity index (χ3n) is 3.75. The van der Waals surface area contributed by atoms with Crippen LogP contribution >= 0.6 is 0 Å². The lowest BCUT2D eigenvalue weighted by Crippen LogP contribution is -2.35. The van der Waals surface area contributed by atoms with Crippen molar-refractivity contribution < 1.29 is 14.0 Å². The van der Waals surface area contributed by atoms with Gasteiger partial charge in [0.2, 0.25) is 11.7 Å². The maximum Gasteiger partial charge on any atom is 0.222 e. The largest absolute Gasteiger partial charge is 0.461 e. The lowest BCUT2D eigenvalue weighted by atomic mass is 9.96. The molecule has 1 unspecified atom stereocenters. The number of Topliss-reactive ketones (excluding diaryl/α,β-unsaturated/α-hetero) is 1. The molecule has 2 rings (SSSR count). The lowest BCUT2D eigenvalue weighted by Gasteiger charge is -2.19. The number of rotatable bonds is 5. The summed E-state index contributed by atoms with van der Waals surface area (Å²) in [6, 6.07) is 3.33. The minimum absolute atomic E-state index is 0.0958. The molecule has 0 N–H and O–H groups in total. The smallest absolute Gasteiger partial charge is 0.222 e. The van der Waals surface area contributed by atoms with Crippen molar-refractivity contribution in [2.75, 3.05) is 13.1 Å². The first-order chi connectivity index (χ1) is 9.20. The Morgan fingerprint density at radius 1 is 1.47 bits per heavy atom. The van der Waals surface area contributed by atoms with Crippen LogP contribution in [0.3, 0.4) is 0 Å². The van der Waals surface area contributed by atoms with Crippen LogP contribution in [-0.2, 0) is 4.79 Å². The van der Waals surface area contributed by atoms with E-state index >= 15 is 0 Å². The van der Waals surface area contributed by atoms with Gasteiger partial charge in [-0.1, -0.05) is 19.8 Å². The van der Waals surface area contributed by atoms with Crippen LogP contribution in [0.5, 0.6) is 0 Å². The van der Waals surface area contributed by atoms with E-state index in [0.29, 0.717) is 24.6 Å². The van der Waals surface area contributed by atoms with Crippen LogP contribution in [0.2, 0.25) is 0 Å². The van der Waals surface area contributed by atoms with Crippen molar-refractivity contribution in [1.29, 1.82) is 0 Å². The number of hydrogen-bond donors (Lipinski definition) is 0. The van der Waals surface area contributed by atoms with Gasteiger partial charge in [-0.3, -0.25) is 9.59 Å². The first kappa shape index (κ1) is 13.8. The lowest BCUT2D eigenvalue weighted by molar-refractivity contribution is -0.130. The van der Waals surface area contributed by atoms with Crippen molar-refractivity contribution >= 4 is 11.7 Å². The molecular weight excluding hydrogens is 242 g/mol.